The van der Waals surface area contributed by atoms with Gasteiger partial charge >= 0.3 is 0 Å². The predicted octanol–water partition coefficient (Wildman–Crippen LogP) is 1.52. The molecule has 5 atom stereocenters. The third-order valence-electron chi connectivity index (χ3n) is 4.60. The SMILES string of the molecule is C[C@H]1[C@H](O)[C@@H](O)[C@H](Oc2c[nH]c3cc(Br)c(OCCO)c(Br)c23)O[C@@H]1CO. The van der Waals surface area contributed by atoms with Gasteiger partial charge in [0.25, 0.3) is 0 Å². The number of aromatic amines is 1. The van der Waals surface area contributed by atoms with Crippen LogP contribution >= 0.6 is 31.9 Å². The summed E-state index contributed by atoms with van der Waals surface area (Å²) in [7, 11) is 0. The molecule has 0 spiro atoms. The summed E-state index contributed by atoms with van der Waals surface area (Å²) in [6.45, 7) is 1.38. The first kappa shape index (κ1) is 20.8. The molecule has 1 aromatic carbocycles. The molecular formula is C17H21Br2NO7. The molecule has 10 heteroatoms. The van der Waals surface area contributed by atoms with Crippen LogP contribution in [0.3, 0.4) is 0 Å². The number of halogens is 2. The maximum atomic E-state index is 10.3. The Morgan fingerprint density at radius 2 is 1.96 bits per heavy atom. The number of benzene rings is 1. The molecule has 0 aliphatic carbocycles. The molecule has 27 heavy (non-hydrogen) atoms. The predicted molar refractivity (Wildman–Crippen MR) is 104 cm³/mol. The van der Waals surface area contributed by atoms with Gasteiger partial charge in [-0.2, -0.15) is 0 Å². The molecule has 0 unspecified atom stereocenters. The highest BCUT2D eigenvalue weighted by Crippen LogP contribution is 2.44. The summed E-state index contributed by atoms with van der Waals surface area (Å²) in [5, 5.41) is 39.6. The summed E-state index contributed by atoms with van der Waals surface area (Å²) in [5.41, 5.74) is 0.734. The Labute approximate surface area is 172 Å². The van der Waals surface area contributed by atoms with Gasteiger partial charge in [-0.15, -0.1) is 0 Å². The normalized spacial score (nSPS) is 28.5. The van der Waals surface area contributed by atoms with E-state index >= 15 is 0 Å². The van der Waals surface area contributed by atoms with E-state index in [0.717, 1.165) is 5.52 Å². The van der Waals surface area contributed by atoms with Crippen LogP contribution in [0, 0.1) is 5.92 Å². The number of hydrogen-bond acceptors (Lipinski definition) is 7. The van der Waals surface area contributed by atoms with Crippen molar-refractivity contribution in [1.29, 1.82) is 0 Å². The second-order valence-corrected chi connectivity index (χ2v) is 7.98. The topological polar surface area (TPSA) is 124 Å². The van der Waals surface area contributed by atoms with E-state index in [2.05, 4.69) is 36.8 Å². The fourth-order valence-electron chi connectivity index (χ4n) is 3.04. The molecule has 0 radical (unpaired) electrons. The first-order valence-electron chi connectivity index (χ1n) is 8.40. The molecule has 1 aliphatic heterocycles. The molecule has 1 aliphatic rings. The zero-order valence-electron chi connectivity index (χ0n) is 14.4. The molecule has 2 heterocycles. The van der Waals surface area contributed by atoms with Gasteiger partial charge in [0.15, 0.2) is 0 Å². The van der Waals surface area contributed by atoms with Crippen LogP contribution in [0.1, 0.15) is 6.92 Å². The van der Waals surface area contributed by atoms with E-state index in [1.807, 2.05) is 0 Å². The van der Waals surface area contributed by atoms with Gasteiger partial charge < -0.3 is 39.6 Å². The van der Waals surface area contributed by atoms with Gasteiger partial charge in [0.05, 0.1) is 45.3 Å². The average Bonchev–Trinajstić information content (AvgIpc) is 3.04. The minimum Gasteiger partial charge on any atom is -0.489 e. The maximum Gasteiger partial charge on any atom is 0.229 e. The van der Waals surface area contributed by atoms with E-state index in [9.17, 15) is 15.3 Å². The van der Waals surface area contributed by atoms with Gasteiger partial charge in [-0.3, -0.25) is 0 Å². The van der Waals surface area contributed by atoms with Crippen molar-refractivity contribution in [3.05, 3.63) is 21.2 Å². The van der Waals surface area contributed by atoms with Crippen molar-refractivity contribution in [3.63, 3.8) is 0 Å². The largest absolute Gasteiger partial charge is 0.489 e. The minimum absolute atomic E-state index is 0.121. The Balaban J connectivity index is 1.93. The quantitative estimate of drug-likeness (QED) is 0.399. The van der Waals surface area contributed by atoms with E-state index in [-0.39, 0.29) is 19.8 Å². The van der Waals surface area contributed by atoms with Crippen molar-refractivity contribution >= 4 is 42.8 Å². The Kier molecular flexibility index (Phi) is 6.67. The lowest BCUT2D eigenvalue weighted by Crippen LogP contribution is -2.56. The van der Waals surface area contributed by atoms with Gasteiger partial charge in [-0.05, 0) is 37.9 Å². The van der Waals surface area contributed by atoms with Gasteiger partial charge in [-0.1, -0.05) is 6.92 Å². The molecule has 1 saturated heterocycles. The lowest BCUT2D eigenvalue weighted by Gasteiger charge is -2.40. The fourth-order valence-corrected chi connectivity index (χ4v) is 4.59. The van der Waals surface area contributed by atoms with Crippen LogP contribution in [-0.4, -0.2) is 69.8 Å². The summed E-state index contributed by atoms with van der Waals surface area (Å²) >= 11 is 6.91. The molecule has 3 rings (SSSR count). The van der Waals surface area contributed by atoms with Gasteiger partial charge in [0.1, 0.15) is 24.2 Å². The van der Waals surface area contributed by atoms with Crippen LogP contribution in [0.15, 0.2) is 21.2 Å². The lowest BCUT2D eigenvalue weighted by molar-refractivity contribution is -0.260. The van der Waals surface area contributed by atoms with E-state index < -0.39 is 30.5 Å². The lowest BCUT2D eigenvalue weighted by atomic mass is 9.91. The van der Waals surface area contributed by atoms with Gasteiger partial charge in [0, 0.05) is 12.1 Å². The molecule has 2 aromatic rings. The van der Waals surface area contributed by atoms with Crippen LogP contribution in [0.5, 0.6) is 11.5 Å². The zero-order valence-corrected chi connectivity index (χ0v) is 17.6. The van der Waals surface area contributed by atoms with Gasteiger partial charge in [-0.25, -0.2) is 0 Å². The Bertz CT molecular complexity index is 797. The minimum atomic E-state index is -1.27. The summed E-state index contributed by atoms with van der Waals surface area (Å²) in [6.07, 6.45) is -2.56. The summed E-state index contributed by atoms with van der Waals surface area (Å²) in [5.74, 6) is 0.433. The Morgan fingerprint density at radius 1 is 1.22 bits per heavy atom. The highest BCUT2D eigenvalue weighted by molar-refractivity contribution is 9.11. The fraction of sp³-hybridized carbons (Fsp3) is 0.529. The first-order valence-corrected chi connectivity index (χ1v) is 9.99. The van der Waals surface area contributed by atoms with Crippen molar-refractivity contribution in [3.8, 4) is 11.5 Å². The number of nitrogens with one attached hydrogen (secondary N) is 1. The Morgan fingerprint density at radius 3 is 2.63 bits per heavy atom. The van der Waals surface area contributed by atoms with Crippen molar-refractivity contribution in [2.75, 3.05) is 19.8 Å². The van der Waals surface area contributed by atoms with Gasteiger partial charge in [0.2, 0.25) is 6.29 Å². The molecule has 150 valence electrons. The number of H-pyrrole nitrogens is 1. The highest BCUT2D eigenvalue weighted by atomic mass is 79.9. The second-order valence-electron chi connectivity index (χ2n) is 6.33. The molecule has 1 fully saturated rings. The third-order valence-corrected chi connectivity index (χ3v) is 5.95. The van der Waals surface area contributed by atoms with E-state index in [0.29, 0.717) is 25.8 Å². The van der Waals surface area contributed by atoms with Crippen LogP contribution in [0.2, 0.25) is 0 Å². The highest BCUT2D eigenvalue weighted by Gasteiger charge is 2.43. The van der Waals surface area contributed by atoms with Crippen LogP contribution in [-0.2, 0) is 4.74 Å². The molecule has 0 saturated carbocycles. The third kappa shape index (κ3) is 3.98. The van der Waals surface area contributed by atoms with Crippen molar-refractivity contribution < 1.29 is 34.6 Å². The van der Waals surface area contributed by atoms with Crippen molar-refractivity contribution in [2.45, 2.75) is 31.5 Å². The summed E-state index contributed by atoms with van der Waals surface area (Å²) in [6, 6.07) is 1.80. The van der Waals surface area contributed by atoms with Crippen molar-refractivity contribution in [2.24, 2.45) is 5.92 Å². The molecule has 1 aromatic heterocycles. The smallest absolute Gasteiger partial charge is 0.229 e. The number of aromatic nitrogens is 1. The first-order chi connectivity index (χ1) is 12.9. The van der Waals surface area contributed by atoms with E-state index in [4.69, 9.17) is 19.3 Å². The second kappa shape index (κ2) is 8.64. The number of ether oxygens (including phenoxy) is 3. The van der Waals surface area contributed by atoms with E-state index in [1.165, 1.54) is 0 Å². The standard InChI is InChI=1S/C17H21Br2NO7/c1-7-11(6-22)27-17(15(24)14(7)23)26-10-5-20-9-4-8(18)16(25-3-2-21)13(19)12(9)10/h4-5,7,11,14-15,17,20-24H,2-3,6H2,1H3/t7-,11-,14+,15-,17-/m1/s1. The van der Waals surface area contributed by atoms with Crippen LogP contribution in [0.4, 0.5) is 0 Å². The Hall–Kier alpha value is -0.880. The number of fused-ring (bicyclic) bond motifs is 1. The molecule has 0 bridgehead atoms. The molecule has 5 N–H and O–H groups in total. The molecular weight excluding hydrogens is 490 g/mol. The summed E-state index contributed by atoms with van der Waals surface area (Å²) in [4.78, 5) is 3.06. The molecule has 0 amide bonds. The number of aliphatic hydroxyl groups is 4. The summed E-state index contributed by atoms with van der Waals surface area (Å²) < 4.78 is 18.3. The monoisotopic (exact) mass is 509 g/mol. The number of hydrogen-bond donors (Lipinski definition) is 5. The zero-order chi connectivity index (χ0) is 19.7. The van der Waals surface area contributed by atoms with Crippen LogP contribution in [0.25, 0.3) is 10.9 Å². The van der Waals surface area contributed by atoms with Crippen molar-refractivity contribution in [1.82, 2.24) is 4.98 Å². The van der Waals surface area contributed by atoms with Crippen LogP contribution < -0.4 is 9.47 Å². The number of aliphatic hydroxyl groups excluding tert-OH is 4. The maximum absolute atomic E-state index is 10.3. The number of rotatable bonds is 6. The van der Waals surface area contributed by atoms with E-state index in [1.54, 1.807) is 19.2 Å². The molecule has 8 nitrogen and oxygen atoms in total. The average molecular weight is 511 g/mol.